The molecule has 1 N–H and O–H groups in total. The minimum Gasteiger partial charge on any atom is -0.337 e. The van der Waals surface area contributed by atoms with E-state index in [1.54, 1.807) is 0 Å². The second kappa shape index (κ2) is 5.91. The summed E-state index contributed by atoms with van der Waals surface area (Å²) in [5, 5.41) is 3.57. The van der Waals surface area contributed by atoms with Crippen molar-refractivity contribution in [3.05, 3.63) is 18.2 Å². The number of aromatic nitrogens is 2. The van der Waals surface area contributed by atoms with Gasteiger partial charge in [0, 0.05) is 25.8 Å². The first-order valence-corrected chi connectivity index (χ1v) is 5.87. The lowest BCUT2D eigenvalue weighted by Gasteiger charge is -2.22. The summed E-state index contributed by atoms with van der Waals surface area (Å²) in [5.41, 5.74) is 1.24. The number of hydrogen-bond acceptors (Lipinski definition) is 2. The van der Waals surface area contributed by atoms with Crippen LogP contribution < -0.4 is 5.32 Å². The average molecular weight is 209 g/mol. The van der Waals surface area contributed by atoms with E-state index in [1.807, 2.05) is 19.6 Å². The zero-order valence-electron chi connectivity index (χ0n) is 10.3. The zero-order chi connectivity index (χ0) is 11.3. The van der Waals surface area contributed by atoms with Crippen LogP contribution in [0.5, 0.6) is 0 Å². The molecule has 86 valence electrons. The van der Waals surface area contributed by atoms with Crippen molar-refractivity contribution in [2.45, 2.75) is 46.2 Å². The van der Waals surface area contributed by atoms with Gasteiger partial charge in [-0.3, -0.25) is 0 Å². The molecular formula is C12H23N3. The molecule has 0 saturated carbocycles. The fraction of sp³-hybridized carbons (Fsp3) is 0.750. The lowest BCUT2D eigenvalue weighted by molar-refractivity contribution is 0.350. The molecule has 0 fully saturated rings. The van der Waals surface area contributed by atoms with Gasteiger partial charge in [0.1, 0.15) is 0 Å². The maximum atomic E-state index is 4.11. The highest BCUT2D eigenvalue weighted by Gasteiger charge is 2.12. The van der Waals surface area contributed by atoms with Crippen molar-refractivity contribution in [1.82, 2.24) is 14.9 Å². The summed E-state index contributed by atoms with van der Waals surface area (Å²) in [6.45, 7) is 7.70. The van der Waals surface area contributed by atoms with Crippen LogP contribution in [0.1, 0.15) is 39.3 Å². The standard InChI is InChI=1S/C12H23N3/c1-5-11(6-2)10(3)14-8-12-7-13-9-15(12)4/h7,9-11,14H,5-6,8H2,1-4H3. The summed E-state index contributed by atoms with van der Waals surface area (Å²) in [6, 6.07) is 0.579. The Bertz CT molecular complexity index is 276. The van der Waals surface area contributed by atoms with Crippen LogP contribution in [0.15, 0.2) is 12.5 Å². The Labute approximate surface area is 92.9 Å². The third kappa shape index (κ3) is 3.34. The molecule has 0 saturated heterocycles. The van der Waals surface area contributed by atoms with Crippen molar-refractivity contribution in [3.63, 3.8) is 0 Å². The van der Waals surface area contributed by atoms with Gasteiger partial charge in [0.05, 0.1) is 12.0 Å². The Morgan fingerprint density at radius 3 is 2.53 bits per heavy atom. The van der Waals surface area contributed by atoms with Gasteiger partial charge in [-0.15, -0.1) is 0 Å². The van der Waals surface area contributed by atoms with Gasteiger partial charge in [-0.1, -0.05) is 26.7 Å². The molecule has 0 amide bonds. The van der Waals surface area contributed by atoms with Gasteiger partial charge in [0.15, 0.2) is 0 Å². The highest BCUT2D eigenvalue weighted by Crippen LogP contribution is 2.13. The molecule has 0 aliphatic carbocycles. The zero-order valence-corrected chi connectivity index (χ0v) is 10.3. The number of imidazole rings is 1. The number of hydrogen-bond donors (Lipinski definition) is 1. The first-order valence-electron chi connectivity index (χ1n) is 5.87. The van der Waals surface area contributed by atoms with Crippen molar-refractivity contribution in [2.24, 2.45) is 13.0 Å². The predicted octanol–water partition coefficient (Wildman–Crippen LogP) is 2.33. The maximum Gasteiger partial charge on any atom is 0.0945 e. The van der Waals surface area contributed by atoms with Gasteiger partial charge in [-0.25, -0.2) is 4.98 Å². The molecule has 15 heavy (non-hydrogen) atoms. The monoisotopic (exact) mass is 209 g/mol. The van der Waals surface area contributed by atoms with Gasteiger partial charge < -0.3 is 9.88 Å². The van der Waals surface area contributed by atoms with E-state index in [-0.39, 0.29) is 0 Å². The molecule has 1 aromatic rings. The Morgan fingerprint density at radius 2 is 2.07 bits per heavy atom. The van der Waals surface area contributed by atoms with Crippen LogP contribution in [0.3, 0.4) is 0 Å². The maximum absolute atomic E-state index is 4.11. The molecule has 0 aromatic carbocycles. The molecule has 0 spiro atoms. The molecular weight excluding hydrogens is 186 g/mol. The number of nitrogens with zero attached hydrogens (tertiary/aromatic N) is 2. The summed E-state index contributed by atoms with van der Waals surface area (Å²) in [7, 11) is 2.03. The van der Waals surface area contributed by atoms with Gasteiger partial charge in [-0.2, -0.15) is 0 Å². The molecule has 1 rings (SSSR count). The summed E-state index contributed by atoms with van der Waals surface area (Å²) in [5.74, 6) is 0.776. The highest BCUT2D eigenvalue weighted by molar-refractivity contribution is 4.97. The fourth-order valence-electron chi connectivity index (χ4n) is 1.98. The smallest absolute Gasteiger partial charge is 0.0945 e. The molecule has 0 radical (unpaired) electrons. The normalized spacial score (nSPS) is 13.4. The van der Waals surface area contributed by atoms with Crippen LogP contribution >= 0.6 is 0 Å². The quantitative estimate of drug-likeness (QED) is 0.779. The van der Waals surface area contributed by atoms with E-state index in [4.69, 9.17) is 0 Å². The molecule has 1 unspecified atom stereocenters. The summed E-state index contributed by atoms with van der Waals surface area (Å²) in [6.07, 6.45) is 6.26. The summed E-state index contributed by atoms with van der Waals surface area (Å²) in [4.78, 5) is 4.11. The largest absolute Gasteiger partial charge is 0.337 e. The number of nitrogens with one attached hydrogen (secondary N) is 1. The van der Waals surface area contributed by atoms with E-state index in [9.17, 15) is 0 Å². The topological polar surface area (TPSA) is 29.9 Å². The molecule has 1 heterocycles. The third-order valence-corrected chi connectivity index (χ3v) is 3.28. The highest BCUT2D eigenvalue weighted by atomic mass is 15.0. The molecule has 3 nitrogen and oxygen atoms in total. The summed E-state index contributed by atoms with van der Waals surface area (Å²) >= 11 is 0. The summed E-state index contributed by atoms with van der Waals surface area (Å²) < 4.78 is 2.06. The van der Waals surface area contributed by atoms with Gasteiger partial charge >= 0.3 is 0 Å². The van der Waals surface area contributed by atoms with Crippen LogP contribution in [0.4, 0.5) is 0 Å². The Morgan fingerprint density at radius 1 is 1.40 bits per heavy atom. The van der Waals surface area contributed by atoms with Crippen molar-refractivity contribution < 1.29 is 0 Å². The second-order valence-corrected chi connectivity index (χ2v) is 4.24. The van der Waals surface area contributed by atoms with Crippen LogP contribution in [0.2, 0.25) is 0 Å². The first kappa shape index (κ1) is 12.2. The Hall–Kier alpha value is -0.830. The second-order valence-electron chi connectivity index (χ2n) is 4.24. The van der Waals surface area contributed by atoms with E-state index in [0.29, 0.717) is 6.04 Å². The Kier molecular flexibility index (Phi) is 4.82. The molecule has 1 aromatic heterocycles. The molecule has 1 atom stereocenters. The van der Waals surface area contributed by atoms with Crippen LogP contribution in [-0.2, 0) is 13.6 Å². The van der Waals surface area contributed by atoms with Gasteiger partial charge in [-0.05, 0) is 12.8 Å². The van der Waals surface area contributed by atoms with Crippen molar-refractivity contribution >= 4 is 0 Å². The number of aryl methyl sites for hydroxylation is 1. The van der Waals surface area contributed by atoms with E-state index < -0.39 is 0 Å². The van der Waals surface area contributed by atoms with Crippen molar-refractivity contribution in [1.29, 1.82) is 0 Å². The van der Waals surface area contributed by atoms with Gasteiger partial charge in [0.25, 0.3) is 0 Å². The van der Waals surface area contributed by atoms with Crippen molar-refractivity contribution in [3.8, 4) is 0 Å². The van der Waals surface area contributed by atoms with Crippen molar-refractivity contribution in [2.75, 3.05) is 0 Å². The van der Waals surface area contributed by atoms with E-state index >= 15 is 0 Å². The molecule has 0 aliphatic heterocycles. The van der Waals surface area contributed by atoms with E-state index in [2.05, 4.69) is 35.6 Å². The molecule has 3 heteroatoms. The average Bonchev–Trinajstić information content (AvgIpc) is 2.63. The Balaban J connectivity index is 2.40. The lowest BCUT2D eigenvalue weighted by atomic mass is 9.95. The minimum absolute atomic E-state index is 0.579. The van der Waals surface area contributed by atoms with Crippen LogP contribution in [0, 0.1) is 5.92 Å². The lowest BCUT2D eigenvalue weighted by Crippen LogP contribution is -2.33. The van der Waals surface area contributed by atoms with E-state index in [0.717, 1.165) is 12.5 Å². The van der Waals surface area contributed by atoms with E-state index in [1.165, 1.54) is 18.5 Å². The van der Waals surface area contributed by atoms with Crippen LogP contribution in [-0.4, -0.2) is 15.6 Å². The SMILES string of the molecule is CCC(CC)C(C)NCc1cncn1C. The van der Waals surface area contributed by atoms with Gasteiger partial charge in [0.2, 0.25) is 0 Å². The first-order chi connectivity index (χ1) is 7.19. The molecule has 0 aliphatic rings. The number of rotatable bonds is 6. The fourth-order valence-corrected chi connectivity index (χ4v) is 1.98. The minimum atomic E-state index is 0.579. The third-order valence-electron chi connectivity index (χ3n) is 3.28. The molecule has 0 bridgehead atoms. The van der Waals surface area contributed by atoms with Crippen LogP contribution in [0.25, 0.3) is 0 Å². The predicted molar refractivity (Wildman–Crippen MR) is 63.6 cm³/mol.